The molecule has 0 aliphatic rings. The zero-order chi connectivity index (χ0) is 17.7. The van der Waals surface area contributed by atoms with E-state index in [9.17, 15) is 14.9 Å². The number of hydrogen-bond acceptors (Lipinski definition) is 5. The second-order valence-corrected chi connectivity index (χ2v) is 4.70. The second-order valence-electron chi connectivity index (χ2n) is 4.29. The third kappa shape index (κ3) is 4.30. The third-order valence-electron chi connectivity index (χ3n) is 2.67. The Kier molecular flexibility index (Phi) is 5.12. The van der Waals surface area contributed by atoms with Crippen LogP contribution in [0.5, 0.6) is 0 Å². The van der Waals surface area contributed by atoms with Crippen molar-refractivity contribution in [2.24, 2.45) is 15.9 Å². The molecule has 0 atom stereocenters. The van der Waals surface area contributed by atoms with Crippen LogP contribution in [0, 0.1) is 10.1 Å². The number of aromatic carboxylic acids is 1. The maximum Gasteiger partial charge on any atom is 0.337 e. The predicted octanol–water partition coefficient (Wildman–Crippen LogP) is 1.73. The number of nitro groups is 1. The molecule has 124 valence electrons. The van der Waals surface area contributed by atoms with Crippen molar-refractivity contribution >= 4 is 29.7 Å². The number of guanidine groups is 1. The summed E-state index contributed by atoms with van der Waals surface area (Å²) in [5.41, 5.74) is 7.79. The Balaban J connectivity index is 2.15. The van der Waals surface area contributed by atoms with Crippen LogP contribution < -0.4 is 11.2 Å². The molecule has 0 saturated heterocycles. The van der Waals surface area contributed by atoms with Crippen LogP contribution in [-0.4, -0.2) is 28.3 Å². The zero-order valence-electron chi connectivity index (χ0n) is 11.8. The molecule has 0 bridgehead atoms. The Hall–Kier alpha value is -3.40. The highest BCUT2D eigenvalue weighted by Crippen LogP contribution is 2.26. The van der Waals surface area contributed by atoms with E-state index in [-0.39, 0.29) is 10.6 Å². The van der Waals surface area contributed by atoms with Crippen LogP contribution in [0.15, 0.2) is 45.0 Å². The van der Waals surface area contributed by atoms with Crippen LogP contribution in [0.3, 0.4) is 0 Å². The first kappa shape index (κ1) is 17.0. The summed E-state index contributed by atoms with van der Waals surface area (Å²) in [5, 5.41) is 24.7. The lowest BCUT2D eigenvalue weighted by Crippen LogP contribution is -2.28. The van der Waals surface area contributed by atoms with Crippen molar-refractivity contribution in [1.29, 1.82) is 0 Å². The summed E-state index contributed by atoms with van der Waals surface area (Å²) in [7, 11) is 0. The number of carboxylic acid groups (broad SMARTS) is 1. The van der Waals surface area contributed by atoms with Gasteiger partial charge in [0.2, 0.25) is 0 Å². The molecule has 1 heterocycles. The number of hydrogen-bond donors (Lipinski definition) is 3. The molecular weight excluding hydrogens is 342 g/mol. The van der Waals surface area contributed by atoms with E-state index in [1.165, 1.54) is 18.3 Å². The monoisotopic (exact) mass is 351 g/mol. The molecule has 10 nitrogen and oxygen atoms in total. The molecule has 0 aliphatic carbocycles. The van der Waals surface area contributed by atoms with Crippen LogP contribution in [0.4, 0.5) is 0 Å². The van der Waals surface area contributed by atoms with E-state index >= 15 is 0 Å². The van der Waals surface area contributed by atoms with Gasteiger partial charge in [0.25, 0.3) is 5.96 Å². The standard InChI is InChI=1S/C13H10ClN5O5/c14-10-3-1-7(5-9(10)12(20)21)11-4-2-8(24-11)6-16-17-13(15)18-19(22)23/h1-6H,(H,20,21)(H3,15,17,18). The van der Waals surface area contributed by atoms with E-state index in [0.29, 0.717) is 17.1 Å². The number of carbonyl (C=O) groups is 1. The van der Waals surface area contributed by atoms with Gasteiger partial charge in [-0.25, -0.2) is 20.3 Å². The molecule has 24 heavy (non-hydrogen) atoms. The summed E-state index contributed by atoms with van der Waals surface area (Å²) in [5.74, 6) is -0.951. The van der Waals surface area contributed by atoms with Crippen LogP contribution >= 0.6 is 11.6 Å². The molecule has 0 aliphatic heterocycles. The lowest BCUT2D eigenvalue weighted by Gasteiger charge is -2.01. The van der Waals surface area contributed by atoms with Gasteiger partial charge in [-0.1, -0.05) is 11.6 Å². The second kappa shape index (κ2) is 7.24. The Morgan fingerprint density at radius 2 is 2.17 bits per heavy atom. The van der Waals surface area contributed by atoms with Crippen molar-refractivity contribution in [3.8, 4) is 11.3 Å². The Bertz CT molecular complexity index is 845. The fourth-order valence-corrected chi connectivity index (χ4v) is 1.89. The maximum atomic E-state index is 11.1. The van der Waals surface area contributed by atoms with Crippen LogP contribution in [-0.2, 0) is 0 Å². The average Bonchev–Trinajstić information content (AvgIpc) is 2.95. The van der Waals surface area contributed by atoms with Gasteiger partial charge < -0.3 is 15.3 Å². The van der Waals surface area contributed by atoms with E-state index in [4.69, 9.17) is 26.9 Å². The largest absolute Gasteiger partial charge is 0.478 e. The molecule has 0 amide bonds. The summed E-state index contributed by atoms with van der Waals surface area (Å²) in [6.45, 7) is 0. The molecule has 0 saturated carbocycles. The summed E-state index contributed by atoms with van der Waals surface area (Å²) in [4.78, 5) is 21.2. The molecule has 2 rings (SSSR count). The highest BCUT2D eigenvalue weighted by atomic mass is 35.5. The highest BCUT2D eigenvalue weighted by Gasteiger charge is 2.12. The molecule has 1 aromatic carbocycles. The van der Waals surface area contributed by atoms with Crippen molar-refractivity contribution in [3.05, 3.63) is 56.8 Å². The van der Waals surface area contributed by atoms with Crippen molar-refractivity contribution in [2.75, 3.05) is 0 Å². The summed E-state index contributed by atoms with van der Waals surface area (Å²) >= 11 is 5.81. The number of nitrogens with one attached hydrogen (secondary N) is 1. The van der Waals surface area contributed by atoms with E-state index < -0.39 is 17.0 Å². The van der Waals surface area contributed by atoms with Gasteiger partial charge in [-0.15, -0.1) is 0 Å². The number of halogens is 1. The van der Waals surface area contributed by atoms with Crippen molar-refractivity contribution in [3.63, 3.8) is 0 Å². The van der Waals surface area contributed by atoms with Gasteiger partial charge in [-0.05, 0) is 30.3 Å². The predicted molar refractivity (Wildman–Crippen MR) is 85.5 cm³/mol. The van der Waals surface area contributed by atoms with Gasteiger partial charge in [0, 0.05) is 5.56 Å². The minimum absolute atomic E-state index is 0.0498. The quantitative estimate of drug-likeness (QED) is 0.320. The number of rotatable bonds is 5. The van der Waals surface area contributed by atoms with E-state index in [2.05, 4.69) is 15.6 Å². The van der Waals surface area contributed by atoms with Crippen LogP contribution in [0.1, 0.15) is 16.1 Å². The first-order valence-corrected chi connectivity index (χ1v) is 6.65. The van der Waals surface area contributed by atoms with Gasteiger partial charge in [0.1, 0.15) is 16.6 Å². The van der Waals surface area contributed by atoms with Gasteiger partial charge in [-0.2, -0.15) is 5.10 Å². The van der Waals surface area contributed by atoms with E-state index in [1.54, 1.807) is 18.2 Å². The Labute approximate surface area is 139 Å². The van der Waals surface area contributed by atoms with Crippen molar-refractivity contribution < 1.29 is 19.4 Å². The summed E-state index contributed by atoms with van der Waals surface area (Å²) in [6, 6.07) is 7.60. The van der Waals surface area contributed by atoms with Gasteiger partial charge in [-0.3, -0.25) is 0 Å². The summed E-state index contributed by atoms with van der Waals surface area (Å²) in [6.07, 6.45) is 1.22. The lowest BCUT2D eigenvalue weighted by atomic mass is 10.1. The first-order chi connectivity index (χ1) is 11.4. The van der Waals surface area contributed by atoms with Gasteiger partial charge in [0.15, 0.2) is 5.03 Å². The third-order valence-corrected chi connectivity index (χ3v) is 3.00. The number of hydrazone groups is 2. The first-order valence-electron chi connectivity index (χ1n) is 6.27. The number of carboxylic acids is 1. The zero-order valence-corrected chi connectivity index (χ0v) is 12.6. The fourth-order valence-electron chi connectivity index (χ4n) is 1.69. The highest BCUT2D eigenvalue weighted by molar-refractivity contribution is 6.33. The molecule has 0 fully saturated rings. The molecule has 0 unspecified atom stereocenters. The number of furan rings is 1. The molecule has 4 N–H and O–H groups in total. The van der Waals surface area contributed by atoms with Crippen LogP contribution in [0.2, 0.25) is 5.02 Å². The molecular formula is C13H10ClN5O5. The Morgan fingerprint density at radius 3 is 2.83 bits per heavy atom. The minimum atomic E-state index is -1.15. The number of nitrogens with zero attached hydrogens (tertiary/aromatic N) is 3. The average molecular weight is 352 g/mol. The molecule has 1 aromatic heterocycles. The Morgan fingerprint density at radius 1 is 1.42 bits per heavy atom. The van der Waals surface area contributed by atoms with Crippen molar-refractivity contribution in [1.82, 2.24) is 5.43 Å². The normalized spacial score (nSPS) is 11.6. The maximum absolute atomic E-state index is 11.1. The molecule has 0 spiro atoms. The smallest absolute Gasteiger partial charge is 0.337 e. The van der Waals surface area contributed by atoms with E-state index in [1.807, 2.05) is 0 Å². The van der Waals surface area contributed by atoms with Crippen LogP contribution in [0.25, 0.3) is 11.3 Å². The van der Waals surface area contributed by atoms with E-state index in [0.717, 1.165) is 0 Å². The number of benzene rings is 1. The lowest BCUT2D eigenvalue weighted by molar-refractivity contribution is -0.485. The molecule has 2 aromatic rings. The fraction of sp³-hybridized carbons (Fsp3) is 0. The van der Waals surface area contributed by atoms with Gasteiger partial charge in [0.05, 0.1) is 16.8 Å². The topological polar surface area (TPSA) is 156 Å². The summed E-state index contributed by atoms with van der Waals surface area (Å²) < 4.78 is 5.47. The number of nitrogens with two attached hydrogens (primary N) is 1. The molecule has 11 heteroatoms. The minimum Gasteiger partial charge on any atom is -0.478 e. The molecule has 0 radical (unpaired) electrons. The SMILES string of the molecule is N/C(=N/[N+](=O)[O-])NN=Cc1ccc(-c2ccc(Cl)c(C(=O)O)c2)o1. The van der Waals surface area contributed by atoms with Crippen molar-refractivity contribution in [2.45, 2.75) is 0 Å². The van der Waals surface area contributed by atoms with Gasteiger partial charge >= 0.3 is 5.97 Å².